The Morgan fingerprint density at radius 3 is 2.65 bits per heavy atom. The third-order valence-corrected chi connectivity index (χ3v) is 5.69. The summed E-state index contributed by atoms with van der Waals surface area (Å²) in [5, 5.41) is 10.4. The molecule has 1 unspecified atom stereocenters. The van der Waals surface area contributed by atoms with Crippen LogP contribution in [0.5, 0.6) is 0 Å². The number of rotatable bonds is 13. The number of Topliss-reactive ketones (excluding diaryl/α,β-unsaturated/α-hetero) is 1. The number of esters is 1. The van der Waals surface area contributed by atoms with E-state index in [1.807, 2.05) is 13.0 Å². The maximum absolute atomic E-state index is 12.2. The van der Waals surface area contributed by atoms with Crippen LogP contribution in [-0.2, 0) is 14.3 Å². The van der Waals surface area contributed by atoms with Gasteiger partial charge in [0.2, 0.25) is 0 Å². The Labute approximate surface area is 159 Å². The van der Waals surface area contributed by atoms with Crippen molar-refractivity contribution in [2.75, 3.05) is 7.11 Å². The van der Waals surface area contributed by atoms with Crippen molar-refractivity contribution in [3.8, 4) is 0 Å². The molecule has 1 aliphatic rings. The number of allylic oxidation sites excluding steroid dienone is 1. The van der Waals surface area contributed by atoms with E-state index in [0.29, 0.717) is 11.7 Å². The van der Waals surface area contributed by atoms with Crippen molar-refractivity contribution < 1.29 is 19.4 Å². The number of ketones is 1. The van der Waals surface area contributed by atoms with Gasteiger partial charge in [0.1, 0.15) is 5.78 Å². The standard InChI is InChI=1S/C22H38O4/c1-4-5-16-22(2,25)17-10-11-18-14-15-20(23)19(18)12-8-6-7-9-13-21(24)26-3/h9,13,18-19,25H,4-8,10-12,14-17H2,1-3H3/t18-,19+,22?/m0/s1. The van der Waals surface area contributed by atoms with Crippen LogP contribution in [0, 0.1) is 11.8 Å². The predicted octanol–water partition coefficient (Wildman–Crippen LogP) is 4.98. The first-order chi connectivity index (χ1) is 12.4. The highest BCUT2D eigenvalue weighted by atomic mass is 16.5. The van der Waals surface area contributed by atoms with E-state index in [0.717, 1.165) is 77.0 Å². The molecule has 1 fully saturated rings. The minimum Gasteiger partial charge on any atom is -0.466 e. The smallest absolute Gasteiger partial charge is 0.330 e. The summed E-state index contributed by atoms with van der Waals surface area (Å²) in [4.78, 5) is 23.2. The second-order valence-corrected chi connectivity index (χ2v) is 8.07. The zero-order valence-corrected chi connectivity index (χ0v) is 17.0. The Morgan fingerprint density at radius 1 is 1.23 bits per heavy atom. The molecule has 26 heavy (non-hydrogen) atoms. The highest BCUT2D eigenvalue weighted by Gasteiger charge is 2.33. The van der Waals surface area contributed by atoms with Crippen LogP contribution in [0.25, 0.3) is 0 Å². The predicted molar refractivity (Wildman–Crippen MR) is 105 cm³/mol. The summed E-state index contributed by atoms with van der Waals surface area (Å²) >= 11 is 0. The summed E-state index contributed by atoms with van der Waals surface area (Å²) < 4.78 is 4.56. The highest BCUT2D eigenvalue weighted by Crippen LogP contribution is 2.37. The number of methoxy groups -OCH3 is 1. The van der Waals surface area contributed by atoms with E-state index in [9.17, 15) is 14.7 Å². The molecule has 0 aliphatic heterocycles. The molecule has 0 heterocycles. The molecule has 0 bridgehead atoms. The minimum absolute atomic E-state index is 0.208. The Hall–Kier alpha value is -1.16. The molecule has 0 aromatic rings. The Bertz CT molecular complexity index is 453. The average Bonchev–Trinajstić information content (AvgIpc) is 2.96. The molecular formula is C22H38O4. The summed E-state index contributed by atoms with van der Waals surface area (Å²) in [7, 11) is 1.38. The molecule has 3 atom stereocenters. The van der Waals surface area contributed by atoms with E-state index >= 15 is 0 Å². The summed E-state index contributed by atoms with van der Waals surface area (Å²) in [5.74, 6) is 0.818. The Morgan fingerprint density at radius 2 is 1.96 bits per heavy atom. The van der Waals surface area contributed by atoms with E-state index in [1.165, 1.54) is 13.2 Å². The van der Waals surface area contributed by atoms with Crippen LogP contribution in [0.4, 0.5) is 0 Å². The van der Waals surface area contributed by atoms with Gasteiger partial charge in [0.15, 0.2) is 0 Å². The van der Waals surface area contributed by atoms with Gasteiger partial charge in [-0.15, -0.1) is 0 Å². The Kier molecular flexibility index (Phi) is 10.8. The van der Waals surface area contributed by atoms with Gasteiger partial charge in [-0.3, -0.25) is 4.79 Å². The lowest BCUT2D eigenvalue weighted by molar-refractivity contribution is -0.134. The summed E-state index contributed by atoms with van der Waals surface area (Å²) in [6.07, 6.45) is 14.8. The van der Waals surface area contributed by atoms with Crippen molar-refractivity contribution in [3.05, 3.63) is 12.2 Å². The van der Waals surface area contributed by atoms with Crippen LogP contribution in [0.2, 0.25) is 0 Å². The van der Waals surface area contributed by atoms with E-state index < -0.39 is 5.60 Å². The van der Waals surface area contributed by atoms with Gasteiger partial charge in [0, 0.05) is 18.4 Å². The normalized spacial score (nSPS) is 22.7. The fraction of sp³-hybridized carbons (Fsp3) is 0.818. The van der Waals surface area contributed by atoms with Crippen molar-refractivity contribution in [3.63, 3.8) is 0 Å². The second-order valence-electron chi connectivity index (χ2n) is 8.07. The number of carbonyl (C=O) groups is 2. The lowest BCUT2D eigenvalue weighted by Crippen LogP contribution is -2.24. The number of aliphatic hydroxyl groups is 1. The molecule has 150 valence electrons. The molecule has 1 rings (SSSR count). The second kappa shape index (κ2) is 12.3. The number of carbonyl (C=O) groups excluding carboxylic acids is 2. The van der Waals surface area contributed by atoms with Gasteiger partial charge in [0.25, 0.3) is 0 Å². The molecule has 1 aliphatic carbocycles. The minimum atomic E-state index is -0.555. The lowest BCUT2D eigenvalue weighted by atomic mass is 9.84. The largest absolute Gasteiger partial charge is 0.466 e. The molecule has 0 aromatic heterocycles. The zero-order chi connectivity index (χ0) is 19.4. The van der Waals surface area contributed by atoms with Crippen LogP contribution in [0.15, 0.2) is 12.2 Å². The third-order valence-electron chi connectivity index (χ3n) is 5.69. The molecule has 4 nitrogen and oxygen atoms in total. The fourth-order valence-electron chi connectivity index (χ4n) is 4.02. The average molecular weight is 367 g/mol. The first kappa shape index (κ1) is 22.9. The van der Waals surface area contributed by atoms with E-state index in [2.05, 4.69) is 11.7 Å². The molecule has 0 spiro atoms. The van der Waals surface area contributed by atoms with E-state index in [4.69, 9.17) is 0 Å². The number of hydrogen-bond acceptors (Lipinski definition) is 4. The fourth-order valence-corrected chi connectivity index (χ4v) is 4.02. The van der Waals surface area contributed by atoms with Crippen LogP contribution < -0.4 is 0 Å². The first-order valence-corrected chi connectivity index (χ1v) is 10.4. The maximum atomic E-state index is 12.2. The third kappa shape index (κ3) is 8.98. The van der Waals surface area contributed by atoms with Gasteiger partial charge in [-0.05, 0) is 57.8 Å². The van der Waals surface area contributed by atoms with Crippen molar-refractivity contribution in [2.45, 2.75) is 96.5 Å². The molecule has 0 radical (unpaired) electrons. The maximum Gasteiger partial charge on any atom is 0.330 e. The molecule has 0 aromatic carbocycles. The highest BCUT2D eigenvalue weighted by molar-refractivity contribution is 5.83. The summed E-state index contributed by atoms with van der Waals surface area (Å²) in [6.45, 7) is 4.10. The SMILES string of the molecule is CCCCC(C)(O)CCC[C@H]1CCC(=O)[C@@H]1CCCCC=CC(=O)OC. The van der Waals surface area contributed by atoms with Gasteiger partial charge in [-0.2, -0.15) is 0 Å². The number of unbranched alkanes of at least 4 members (excludes halogenated alkanes) is 3. The number of hydrogen-bond donors (Lipinski definition) is 1. The van der Waals surface area contributed by atoms with Crippen LogP contribution in [0.1, 0.15) is 90.9 Å². The van der Waals surface area contributed by atoms with Crippen molar-refractivity contribution in [2.24, 2.45) is 11.8 Å². The zero-order valence-electron chi connectivity index (χ0n) is 17.0. The monoisotopic (exact) mass is 366 g/mol. The van der Waals surface area contributed by atoms with Crippen molar-refractivity contribution in [1.29, 1.82) is 0 Å². The van der Waals surface area contributed by atoms with Gasteiger partial charge in [-0.1, -0.05) is 38.7 Å². The van der Waals surface area contributed by atoms with Crippen molar-refractivity contribution in [1.82, 2.24) is 0 Å². The van der Waals surface area contributed by atoms with Crippen LogP contribution >= 0.6 is 0 Å². The topological polar surface area (TPSA) is 63.6 Å². The van der Waals surface area contributed by atoms with Gasteiger partial charge < -0.3 is 9.84 Å². The van der Waals surface area contributed by atoms with E-state index in [1.54, 1.807) is 0 Å². The van der Waals surface area contributed by atoms with Crippen molar-refractivity contribution >= 4 is 11.8 Å². The van der Waals surface area contributed by atoms with Gasteiger partial charge >= 0.3 is 5.97 Å². The van der Waals surface area contributed by atoms with Gasteiger partial charge in [0.05, 0.1) is 12.7 Å². The quantitative estimate of drug-likeness (QED) is 0.283. The molecule has 0 amide bonds. The molecular weight excluding hydrogens is 328 g/mol. The molecule has 4 heteroatoms. The van der Waals surface area contributed by atoms with E-state index in [-0.39, 0.29) is 11.9 Å². The van der Waals surface area contributed by atoms with Crippen LogP contribution in [0.3, 0.4) is 0 Å². The van der Waals surface area contributed by atoms with Crippen LogP contribution in [-0.4, -0.2) is 29.6 Å². The molecule has 0 saturated heterocycles. The lowest BCUT2D eigenvalue weighted by Gasteiger charge is -2.25. The number of ether oxygens (including phenoxy) is 1. The summed E-state index contributed by atoms with van der Waals surface area (Å²) in [6, 6.07) is 0. The first-order valence-electron chi connectivity index (χ1n) is 10.4. The van der Waals surface area contributed by atoms with Gasteiger partial charge in [-0.25, -0.2) is 4.79 Å². The molecule has 1 N–H and O–H groups in total. The summed E-state index contributed by atoms with van der Waals surface area (Å²) in [5.41, 5.74) is -0.555. The molecule has 1 saturated carbocycles. The Balaban J connectivity index is 2.28.